The topological polar surface area (TPSA) is 78.3 Å². The van der Waals surface area contributed by atoms with E-state index in [0.717, 1.165) is 0 Å². The highest BCUT2D eigenvalue weighted by Crippen LogP contribution is 2.36. The van der Waals surface area contributed by atoms with Crippen molar-refractivity contribution < 1.29 is 9.19 Å². The van der Waals surface area contributed by atoms with E-state index in [-0.39, 0.29) is 6.29 Å². The third-order valence-electron chi connectivity index (χ3n) is 0.555. The minimum absolute atomic E-state index is 0.00347. The van der Waals surface area contributed by atoms with Gasteiger partial charge in [0, 0.05) is 6.66 Å². The van der Waals surface area contributed by atoms with E-state index >= 15 is 0 Å². The molecule has 44 valence electrons. The first-order valence-electron chi connectivity index (χ1n) is 1.77. The largest absolute Gasteiger partial charge is 0.322 e. The minimum atomic E-state index is -2.60. The molecule has 0 bridgehead atoms. The number of hydrogen-bond donors (Lipinski definition) is 2. The Bertz CT molecular complexity index is 85.7. The van der Waals surface area contributed by atoms with Crippen molar-refractivity contribution in [2.45, 2.75) is 0 Å². The molecule has 1 atom stereocenters. The predicted molar refractivity (Wildman–Crippen MR) is 27.9 cm³/mol. The third kappa shape index (κ3) is 2.76. The molecule has 0 aliphatic rings. The van der Waals surface area contributed by atoms with Crippen molar-refractivity contribution in [1.82, 2.24) is 0 Å². The molecule has 4 nitrogen and oxygen atoms in total. The summed E-state index contributed by atoms with van der Waals surface area (Å²) in [6, 6.07) is 0. The van der Waals surface area contributed by atoms with Crippen molar-refractivity contribution in [2.24, 2.45) is 11.6 Å². The summed E-state index contributed by atoms with van der Waals surface area (Å²) in [6.07, 6.45) is 0.00347. The van der Waals surface area contributed by atoms with Crippen LogP contribution in [-0.4, -0.2) is 13.0 Å². The molecule has 0 aromatic carbocycles. The van der Waals surface area contributed by atoms with Crippen LogP contribution in [0.1, 0.15) is 0 Å². The van der Waals surface area contributed by atoms with Crippen molar-refractivity contribution in [3.63, 3.8) is 0 Å². The van der Waals surface area contributed by atoms with Crippen LogP contribution in [0, 0.1) is 0 Å². The molecule has 0 radical (unpaired) electrons. The Morgan fingerprint density at radius 3 is 2.29 bits per heavy atom. The van der Waals surface area contributed by atoms with Crippen molar-refractivity contribution in [3.05, 3.63) is 0 Å². The number of hydrogen-bond acceptors (Lipinski definition) is 4. The van der Waals surface area contributed by atoms with E-state index in [1.165, 1.54) is 6.66 Å². The first kappa shape index (κ1) is 7.11. The number of rotatable bonds is 2. The van der Waals surface area contributed by atoms with Gasteiger partial charge in [-0.25, -0.2) is 10.5 Å². The molecule has 0 amide bonds. The van der Waals surface area contributed by atoms with Crippen LogP contribution in [0.25, 0.3) is 0 Å². The third-order valence-corrected chi connectivity index (χ3v) is 1.66. The molecule has 0 rings (SSSR count). The summed E-state index contributed by atoms with van der Waals surface area (Å²) in [5, 5.41) is 0. The summed E-state index contributed by atoms with van der Waals surface area (Å²) in [5.41, 5.74) is 4.95. The quantitative estimate of drug-likeness (QED) is 0.391. The zero-order chi connectivity index (χ0) is 5.91. The zero-order valence-corrected chi connectivity index (χ0v) is 5.02. The molecule has 0 fully saturated rings. The molecule has 0 saturated heterocycles. The lowest BCUT2D eigenvalue weighted by molar-refractivity contribution is 0.332. The maximum Gasteiger partial charge on any atom is 0.230 e. The Morgan fingerprint density at radius 2 is 2.29 bits per heavy atom. The van der Waals surface area contributed by atoms with Gasteiger partial charge in [0.2, 0.25) is 7.37 Å². The van der Waals surface area contributed by atoms with E-state index in [2.05, 4.69) is 10.5 Å². The summed E-state index contributed by atoms with van der Waals surface area (Å²) < 4.78 is 14.5. The molecular formula is C2H9N2O2P. The van der Waals surface area contributed by atoms with Gasteiger partial charge in [-0.05, 0) is 0 Å². The smallest absolute Gasteiger partial charge is 0.230 e. The Hall–Kier alpha value is 0.110. The minimum Gasteiger partial charge on any atom is -0.322 e. The van der Waals surface area contributed by atoms with Gasteiger partial charge in [-0.3, -0.25) is 4.57 Å². The van der Waals surface area contributed by atoms with E-state index < -0.39 is 7.37 Å². The molecule has 7 heavy (non-hydrogen) atoms. The molecular weight excluding hydrogens is 115 g/mol. The fourth-order valence-corrected chi connectivity index (χ4v) is 0.129. The highest BCUT2D eigenvalue weighted by atomic mass is 31.2. The molecule has 0 heterocycles. The Labute approximate surface area is 42.2 Å². The van der Waals surface area contributed by atoms with E-state index in [0.29, 0.717) is 0 Å². The van der Waals surface area contributed by atoms with Gasteiger partial charge < -0.3 is 5.73 Å². The molecule has 0 saturated carbocycles. The van der Waals surface area contributed by atoms with Gasteiger partial charge >= 0.3 is 0 Å². The molecule has 0 aliphatic carbocycles. The molecule has 0 aromatic rings. The molecule has 1 unspecified atom stereocenters. The molecule has 5 heteroatoms. The van der Waals surface area contributed by atoms with Gasteiger partial charge in [0.25, 0.3) is 0 Å². The van der Waals surface area contributed by atoms with E-state index in [4.69, 9.17) is 5.73 Å². The van der Waals surface area contributed by atoms with Gasteiger partial charge in [0.1, 0.15) is 0 Å². The molecule has 0 spiro atoms. The van der Waals surface area contributed by atoms with Crippen LogP contribution in [0.5, 0.6) is 0 Å². The van der Waals surface area contributed by atoms with Crippen LogP contribution >= 0.6 is 7.37 Å². The Balaban J connectivity index is 3.61. The van der Waals surface area contributed by atoms with Crippen LogP contribution in [0.4, 0.5) is 0 Å². The van der Waals surface area contributed by atoms with Crippen molar-refractivity contribution in [3.8, 4) is 0 Å². The molecule has 0 aliphatic heterocycles. The van der Waals surface area contributed by atoms with Crippen LogP contribution < -0.4 is 11.6 Å². The number of nitrogens with two attached hydrogens (primary N) is 2. The normalized spacial score (nSPS) is 18.7. The second kappa shape index (κ2) is 2.43. The summed E-state index contributed by atoms with van der Waals surface area (Å²) in [4.78, 5) is 0. The second-order valence-electron chi connectivity index (χ2n) is 1.30. The van der Waals surface area contributed by atoms with Crippen LogP contribution in [-0.2, 0) is 9.19 Å². The van der Waals surface area contributed by atoms with E-state index in [1.54, 1.807) is 0 Å². The Kier molecular flexibility index (Phi) is 2.46. The fraction of sp³-hybridized carbons (Fsp3) is 1.00. The van der Waals surface area contributed by atoms with Gasteiger partial charge in [-0.15, -0.1) is 0 Å². The summed E-state index contributed by atoms with van der Waals surface area (Å²) in [5.74, 6) is 4.57. The second-order valence-corrected chi connectivity index (χ2v) is 3.91. The maximum atomic E-state index is 10.5. The molecule has 4 N–H and O–H groups in total. The van der Waals surface area contributed by atoms with Crippen LogP contribution in [0.2, 0.25) is 0 Å². The van der Waals surface area contributed by atoms with Crippen molar-refractivity contribution in [2.75, 3.05) is 13.0 Å². The molecule has 0 aromatic heterocycles. The van der Waals surface area contributed by atoms with E-state index in [1.807, 2.05) is 0 Å². The first-order valence-corrected chi connectivity index (χ1v) is 4.03. The monoisotopic (exact) mass is 124 g/mol. The van der Waals surface area contributed by atoms with Gasteiger partial charge in [-0.2, -0.15) is 0 Å². The first-order chi connectivity index (χ1) is 3.12. The lowest BCUT2D eigenvalue weighted by atomic mass is 11.5. The lowest BCUT2D eigenvalue weighted by Gasteiger charge is -2.02. The van der Waals surface area contributed by atoms with Crippen molar-refractivity contribution >= 4 is 7.37 Å². The summed E-state index contributed by atoms with van der Waals surface area (Å²) in [6.45, 7) is 1.38. The van der Waals surface area contributed by atoms with Crippen LogP contribution in [0.3, 0.4) is 0 Å². The average molecular weight is 124 g/mol. The predicted octanol–water partition coefficient (Wildman–Crippen LogP) is -0.299. The maximum absolute atomic E-state index is 10.5. The average Bonchev–Trinajstić information content (AvgIpc) is 1.68. The Morgan fingerprint density at radius 1 is 1.86 bits per heavy atom. The summed E-state index contributed by atoms with van der Waals surface area (Å²) in [7, 11) is -2.60. The SMILES string of the molecule is CP(=O)(CN)ON. The van der Waals surface area contributed by atoms with E-state index in [9.17, 15) is 4.57 Å². The van der Waals surface area contributed by atoms with Crippen LogP contribution in [0.15, 0.2) is 0 Å². The lowest BCUT2D eigenvalue weighted by Crippen LogP contribution is -2.05. The van der Waals surface area contributed by atoms with Gasteiger partial charge in [-0.1, -0.05) is 0 Å². The highest BCUT2D eigenvalue weighted by molar-refractivity contribution is 7.58. The van der Waals surface area contributed by atoms with Crippen molar-refractivity contribution in [1.29, 1.82) is 0 Å². The zero-order valence-electron chi connectivity index (χ0n) is 4.13. The van der Waals surface area contributed by atoms with Gasteiger partial charge in [0.05, 0.1) is 6.29 Å². The highest BCUT2D eigenvalue weighted by Gasteiger charge is 2.08. The van der Waals surface area contributed by atoms with Gasteiger partial charge in [0.15, 0.2) is 0 Å². The summed E-state index contributed by atoms with van der Waals surface area (Å²) >= 11 is 0. The standard InChI is InChI=1S/C2H9N2O2P/c1-7(5,2-3)6-4/h2-4H2,1H3. The fourth-order valence-electron chi connectivity index (χ4n) is 0.0430.